The molecular formula is C18H21NO3. The molecule has 1 saturated carbocycles. The van der Waals surface area contributed by atoms with Crippen molar-refractivity contribution in [3.8, 4) is 5.75 Å². The SMILES string of the molecule is O=C(NCCOc1cccc2ccccc12)C1CCCC1O. The van der Waals surface area contributed by atoms with E-state index in [1.165, 1.54) is 0 Å². The van der Waals surface area contributed by atoms with Crippen LogP contribution in [0, 0.1) is 5.92 Å². The highest BCUT2D eigenvalue weighted by Crippen LogP contribution is 2.26. The molecule has 2 aromatic carbocycles. The van der Waals surface area contributed by atoms with Crippen molar-refractivity contribution in [1.82, 2.24) is 5.32 Å². The number of nitrogens with one attached hydrogen (secondary N) is 1. The van der Waals surface area contributed by atoms with Crippen molar-refractivity contribution in [1.29, 1.82) is 0 Å². The van der Waals surface area contributed by atoms with Gasteiger partial charge >= 0.3 is 0 Å². The van der Waals surface area contributed by atoms with E-state index < -0.39 is 6.10 Å². The van der Waals surface area contributed by atoms with E-state index in [9.17, 15) is 9.90 Å². The van der Waals surface area contributed by atoms with E-state index in [1.807, 2.05) is 42.5 Å². The van der Waals surface area contributed by atoms with Gasteiger partial charge in [-0.05, 0) is 30.7 Å². The molecule has 4 nitrogen and oxygen atoms in total. The van der Waals surface area contributed by atoms with Gasteiger partial charge in [0.25, 0.3) is 0 Å². The maximum atomic E-state index is 12.0. The molecule has 0 saturated heterocycles. The minimum atomic E-state index is -0.487. The third kappa shape index (κ3) is 3.22. The minimum Gasteiger partial charge on any atom is -0.491 e. The van der Waals surface area contributed by atoms with Crippen LogP contribution in [0.15, 0.2) is 42.5 Å². The first-order valence-electron chi connectivity index (χ1n) is 7.82. The smallest absolute Gasteiger partial charge is 0.225 e. The van der Waals surface area contributed by atoms with Gasteiger partial charge in [0.1, 0.15) is 12.4 Å². The van der Waals surface area contributed by atoms with E-state index in [4.69, 9.17) is 4.74 Å². The van der Waals surface area contributed by atoms with Crippen LogP contribution >= 0.6 is 0 Å². The predicted molar refractivity (Wildman–Crippen MR) is 85.8 cm³/mol. The molecule has 1 fully saturated rings. The van der Waals surface area contributed by atoms with Crippen LogP contribution in [-0.2, 0) is 4.79 Å². The summed E-state index contributed by atoms with van der Waals surface area (Å²) in [4.78, 5) is 12.0. The van der Waals surface area contributed by atoms with Crippen molar-refractivity contribution in [2.24, 2.45) is 5.92 Å². The van der Waals surface area contributed by atoms with Crippen LogP contribution in [0.3, 0.4) is 0 Å². The molecule has 2 unspecified atom stereocenters. The summed E-state index contributed by atoms with van der Waals surface area (Å²) >= 11 is 0. The Morgan fingerprint density at radius 3 is 2.82 bits per heavy atom. The molecule has 0 aliphatic heterocycles. The number of fused-ring (bicyclic) bond motifs is 1. The summed E-state index contributed by atoms with van der Waals surface area (Å²) in [5.74, 6) is 0.511. The van der Waals surface area contributed by atoms with Crippen molar-refractivity contribution >= 4 is 16.7 Å². The molecule has 2 aromatic rings. The van der Waals surface area contributed by atoms with E-state index >= 15 is 0 Å². The Bertz CT molecular complexity index is 650. The Kier molecular flexibility index (Phi) is 4.59. The maximum absolute atomic E-state index is 12.0. The van der Waals surface area contributed by atoms with Crippen molar-refractivity contribution < 1.29 is 14.6 Å². The number of hydrogen-bond donors (Lipinski definition) is 2. The Morgan fingerprint density at radius 1 is 1.18 bits per heavy atom. The van der Waals surface area contributed by atoms with E-state index in [0.717, 1.165) is 35.8 Å². The van der Waals surface area contributed by atoms with Gasteiger partial charge in [-0.3, -0.25) is 4.79 Å². The van der Waals surface area contributed by atoms with Gasteiger partial charge in [0.15, 0.2) is 0 Å². The molecule has 2 N–H and O–H groups in total. The molecule has 22 heavy (non-hydrogen) atoms. The molecule has 0 heterocycles. The summed E-state index contributed by atoms with van der Waals surface area (Å²) < 4.78 is 5.78. The lowest BCUT2D eigenvalue weighted by molar-refractivity contribution is -0.127. The van der Waals surface area contributed by atoms with Gasteiger partial charge in [-0.1, -0.05) is 36.4 Å². The monoisotopic (exact) mass is 299 g/mol. The number of carbonyl (C=O) groups excluding carboxylic acids is 1. The van der Waals surface area contributed by atoms with E-state index in [2.05, 4.69) is 5.32 Å². The molecule has 3 rings (SSSR count). The number of carbonyl (C=O) groups is 1. The summed E-state index contributed by atoms with van der Waals surface area (Å²) in [7, 11) is 0. The fourth-order valence-electron chi connectivity index (χ4n) is 3.03. The van der Waals surface area contributed by atoms with Crippen molar-refractivity contribution in [2.75, 3.05) is 13.2 Å². The number of amides is 1. The summed E-state index contributed by atoms with van der Waals surface area (Å²) in [5, 5.41) is 14.8. The molecule has 1 amide bonds. The number of hydrogen-bond acceptors (Lipinski definition) is 3. The van der Waals surface area contributed by atoms with E-state index in [0.29, 0.717) is 13.2 Å². The highest BCUT2D eigenvalue weighted by molar-refractivity contribution is 5.88. The summed E-state index contributed by atoms with van der Waals surface area (Å²) in [5.41, 5.74) is 0. The van der Waals surface area contributed by atoms with Crippen LogP contribution < -0.4 is 10.1 Å². The number of benzene rings is 2. The molecule has 1 aliphatic carbocycles. The Hall–Kier alpha value is -2.07. The van der Waals surface area contributed by atoms with Crippen LogP contribution in [0.25, 0.3) is 10.8 Å². The van der Waals surface area contributed by atoms with Crippen LogP contribution in [0.2, 0.25) is 0 Å². The average Bonchev–Trinajstić information content (AvgIpc) is 2.97. The number of aliphatic hydroxyl groups excluding tert-OH is 1. The summed E-state index contributed by atoms with van der Waals surface area (Å²) in [6, 6.07) is 14.0. The zero-order chi connectivity index (χ0) is 15.4. The molecule has 116 valence electrons. The minimum absolute atomic E-state index is 0.0634. The fraction of sp³-hybridized carbons (Fsp3) is 0.389. The van der Waals surface area contributed by atoms with Crippen molar-refractivity contribution in [3.63, 3.8) is 0 Å². The third-order valence-electron chi connectivity index (χ3n) is 4.22. The Labute approximate surface area is 130 Å². The summed E-state index contributed by atoms with van der Waals surface area (Å²) in [6.45, 7) is 0.869. The normalized spacial score (nSPS) is 21.0. The molecule has 2 atom stereocenters. The van der Waals surface area contributed by atoms with Crippen molar-refractivity contribution in [2.45, 2.75) is 25.4 Å². The molecule has 4 heteroatoms. The lowest BCUT2D eigenvalue weighted by atomic mass is 10.1. The predicted octanol–water partition coefficient (Wildman–Crippen LogP) is 2.50. The standard InChI is InChI=1S/C18H21NO3/c20-16-9-4-8-15(16)18(21)19-11-12-22-17-10-3-6-13-5-1-2-7-14(13)17/h1-3,5-7,10,15-16,20H,4,8-9,11-12H2,(H,19,21). The highest BCUT2D eigenvalue weighted by atomic mass is 16.5. The van der Waals surface area contributed by atoms with Gasteiger partial charge in [0, 0.05) is 5.39 Å². The van der Waals surface area contributed by atoms with Gasteiger partial charge < -0.3 is 15.2 Å². The van der Waals surface area contributed by atoms with E-state index in [-0.39, 0.29) is 11.8 Å². The number of ether oxygens (including phenoxy) is 1. The van der Waals surface area contributed by atoms with Crippen molar-refractivity contribution in [3.05, 3.63) is 42.5 Å². The zero-order valence-corrected chi connectivity index (χ0v) is 12.5. The topological polar surface area (TPSA) is 58.6 Å². The lowest BCUT2D eigenvalue weighted by Gasteiger charge is -2.15. The van der Waals surface area contributed by atoms with Gasteiger partial charge in [0.05, 0.1) is 18.6 Å². The molecule has 0 bridgehead atoms. The van der Waals surface area contributed by atoms with Crippen LogP contribution in [0.4, 0.5) is 0 Å². The molecule has 0 aromatic heterocycles. The second kappa shape index (κ2) is 6.79. The molecular weight excluding hydrogens is 278 g/mol. The quantitative estimate of drug-likeness (QED) is 0.834. The maximum Gasteiger partial charge on any atom is 0.225 e. The molecule has 0 spiro atoms. The molecule has 1 aliphatic rings. The van der Waals surface area contributed by atoms with Gasteiger partial charge in [0.2, 0.25) is 5.91 Å². The van der Waals surface area contributed by atoms with Gasteiger partial charge in [-0.2, -0.15) is 0 Å². The Balaban J connectivity index is 1.51. The lowest BCUT2D eigenvalue weighted by Crippen LogP contribution is -2.36. The van der Waals surface area contributed by atoms with Crippen LogP contribution in [0.1, 0.15) is 19.3 Å². The number of rotatable bonds is 5. The first-order chi connectivity index (χ1) is 10.8. The fourth-order valence-corrected chi connectivity index (χ4v) is 3.03. The van der Waals surface area contributed by atoms with Gasteiger partial charge in [-0.15, -0.1) is 0 Å². The average molecular weight is 299 g/mol. The van der Waals surface area contributed by atoms with Crippen LogP contribution in [0.5, 0.6) is 5.75 Å². The Morgan fingerprint density at radius 2 is 2.00 bits per heavy atom. The highest BCUT2D eigenvalue weighted by Gasteiger charge is 2.30. The zero-order valence-electron chi connectivity index (χ0n) is 12.5. The van der Waals surface area contributed by atoms with E-state index in [1.54, 1.807) is 0 Å². The van der Waals surface area contributed by atoms with Gasteiger partial charge in [-0.25, -0.2) is 0 Å². The number of aliphatic hydroxyl groups is 1. The summed E-state index contributed by atoms with van der Waals surface area (Å²) in [6.07, 6.45) is 1.94. The second-order valence-corrected chi connectivity index (χ2v) is 5.72. The second-order valence-electron chi connectivity index (χ2n) is 5.72. The first kappa shape index (κ1) is 14.9. The van der Waals surface area contributed by atoms with Crippen LogP contribution in [-0.4, -0.2) is 30.3 Å². The third-order valence-corrected chi connectivity index (χ3v) is 4.22. The largest absolute Gasteiger partial charge is 0.491 e. The first-order valence-corrected chi connectivity index (χ1v) is 7.82. The molecule has 0 radical (unpaired) electrons.